The largest absolute Gasteiger partial charge is 0.482 e. The monoisotopic (exact) mass is 360 g/mol. The molecule has 134 valence electrons. The fourth-order valence-electron chi connectivity index (χ4n) is 2.68. The molecule has 0 radical (unpaired) electrons. The van der Waals surface area contributed by atoms with Crippen molar-refractivity contribution in [3.8, 4) is 17.2 Å². The van der Waals surface area contributed by atoms with Crippen molar-refractivity contribution in [3.63, 3.8) is 0 Å². The van der Waals surface area contributed by atoms with E-state index < -0.39 is 0 Å². The number of rotatable bonds is 4. The highest BCUT2D eigenvalue weighted by Crippen LogP contribution is 2.31. The van der Waals surface area contributed by atoms with Crippen LogP contribution in [0.25, 0.3) is 0 Å². The van der Waals surface area contributed by atoms with Crippen LogP contribution in [0.2, 0.25) is 0 Å². The van der Waals surface area contributed by atoms with Crippen LogP contribution in [0.5, 0.6) is 17.2 Å². The number of carbonyl (C=O) groups excluding carboxylic acids is 2. The number of anilines is 2. The number of benzene rings is 3. The Morgan fingerprint density at radius 1 is 1.00 bits per heavy atom. The van der Waals surface area contributed by atoms with E-state index in [9.17, 15) is 9.59 Å². The molecule has 0 saturated heterocycles. The van der Waals surface area contributed by atoms with E-state index in [0.29, 0.717) is 34.2 Å². The van der Waals surface area contributed by atoms with Crippen LogP contribution >= 0.6 is 0 Å². The molecule has 0 fully saturated rings. The summed E-state index contributed by atoms with van der Waals surface area (Å²) in [6, 6.07) is 21.4. The van der Waals surface area contributed by atoms with Crippen LogP contribution in [0.4, 0.5) is 11.4 Å². The molecule has 0 spiro atoms. The first-order chi connectivity index (χ1) is 13.2. The second-order valence-electron chi connectivity index (χ2n) is 5.91. The number of amides is 2. The van der Waals surface area contributed by atoms with Crippen LogP contribution in [-0.2, 0) is 4.79 Å². The first-order valence-corrected chi connectivity index (χ1v) is 8.39. The molecular weight excluding hydrogens is 344 g/mol. The number of nitrogens with one attached hydrogen (secondary N) is 2. The molecule has 0 unspecified atom stereocenters. The summed E-state index contributed by atoms with van der Waals surface area (Å²) >= 11 is 0. The molecule has 0 atom stereocenters. The molecule has 0 aromatic heterocycles. The van der Waals surface area contributed by atoms with Gasteiger partial charge in [-0.1, -0.05) is 30.3 Å². The third-order valence-corrected chi connectivity index (χ3v) is 3.98. The Balaban J connectivity index is 1.54. The lowest BCUT2D eigenvalue weighted by Crippen LogP contribution is -2.25. The number of hydrogen-bond acceptors (Lipinski definition) is 4. The van der Waals surface area contributed by atoms with Crippen LogP contribution in [0.15, 0.2) is 72.8 Å². The molecule has 3 aromatic rings. The highest BCUT2D eigenvalue weighted by atomic mass is 16.5. The van der Waals surface area contributed by atoms with E-state index in [1.807, 2.05) is 42.5 Å². The van der Waals surface area contributed by atoms with E-state index in [2.05, 4.69) is 10.6 Å². The Bertz CT molecular complexity index is 1000. The lowest BCUT2D eigenvalue weighted by Gasteiger charge is -2.18. The zero-order valence-corrected chi connectivity index (χ0v) is 14.3. The standard InChI is InChI=1S/C21H16N2O4/c24-20-13-26-19-12-14(10-11-17(19)22-20)21(25)23-16-8-4-5-9-18(16)27-15-6-2-1-3-7-15/h1-12H,13H2,(H,22,24)(H,23,25). The van der Waals surface area contributed by atoms with Crippen molar-refractivity contribution in [1.82, 2.24) is 0 Å². The van der Waals surface area contributed by atoms with E-state index >= 15 is 0 Å². The second kappa shape index (κ2) is 7.21. The summed E-state index contributed by atoms with van der Waals surface area (Å²) in [7, 11) is 0. The molecule has 0 bridgehead atoms. The maximum absolute atomic E-state index is 12.7. The molecule has 6 nitrogen and oxygen atoms in total. The van der Waals surface area contributed by atoms with Crippen molar-refractivity contribution in [3.05, 3.63) is 78.4 Å². The Morgan fingerprint density at radius 2 is 1.78 bits per heavy atom. The van der Waals surface area contributed by atoms with Crippen LogP contribution in [0, 0.1) is 0 Å². The van der Waals surface area contributed by atoms with Crippen molar-refractivity contribution in [1.29, 1.82) is 0 Å². The number of carbonyl (C=O) groups is 2. The summed E-state index contributed by atoms with van der Waals surface area (Å²) < 4.78 is 11.2. The minimum atomic E-state index is -0.303. The maximum atomic E-state index is 12.7. The average Bonchev–Trinajstić information content (AvgIpc) is 2.70. The number of hydrogen-bond donors (Lipinski definition) is 2. The van der Waals surface area contributed by atoms with Gasteiger partial charge in [-0.15, -0.1) is 0 Å². The summed E-state index contributed by atoms with van der Waals surface area (Å²) in [6.07, 6.45) is 0. The van der Waals surface area contributed by atoms with Gasteiger partial charge in [-0.2, -0.15) is 0 Å². The van der Waals surface area contributed by atoms with Crippen molar-refractivity contribution in [2.75, 3.05) is 17.2 Å². The smallest absolute Gasteiger partial charge is 0.262 e. The Hall–Kier alpha value is -3.80. The zero-order valence-electron chi connectivity index (χ0n) is 14.3. The van der Waals surface area contributed by atoms with Gasteiger partial charge in [0.2, 0.25) is 0 Å². The van der Waals surface area contributed by atoms with E-state index in [1.54, 1.807) is 30.3 Å². The molecule has 3 aromatic carbocycles. The fraction of sp³-hybridized carbons (Fsp3) is 0.0476. The van der Waals surface area contributed by atoms with E-state index in [0.717, 1.165) is 0 Å². The number of ether oxygens (including phenoxy) is 2. The summed E-state index contributed by atoms with van der Waals surface area (Å²) in [6.45, 7) is -0.0637. The maximum Gasteiger partial charge on any atom is 0.262 e. The van der Waals surface area contributed by atoms with Crippen LogP contribution in [-0.4, -0.2) is 18.4 Å². The molecule has 0 aliphatic carbocycles. The molecule has 6 heteroatoms. The summed E-state index contributed by atoms with van der Waals surface area (Å²) in [5.74, 6) is 1.17. The van der Waals surface area contributed by atoms with Crippen LogP contribution in [0.3, 0.4) is 0 Å². The van der Waals surface area contributed by atoms with Gasteiger partial charge in [0.15, 0.2) is 12.4 Å². The fourth-order valence-corrected chi connectivity index (χ4v) is 2.68. The van der Waals surface area contributed by atoms with Crippen molar-refractivity contribution < 1.29 is 19.1 Å². The Morgan fingerprint density at radius 3 is 2.63 bits per heavy atom. The van der Waals surface area contributed by atoms with Gasteiger partial charge in [0.05, 0.1) is 11.4 Å². The Kier molecular flexibility index (Phi) is 4.45. The Labute approximate surface area is 155 Å². The van der Waals surface area contributed by atoms with E-state index in [1.165, 1.54) is 0 Å². The lowest BCUT2D eigenvalue weighted by molar-refractivity contribution is -0.118. The van der Waals surface area contributed by atoms with Crippen molar-refractivity contribution >= 4 is 23.2 Å². The summed E-state index contributed by atoms with van der Waals surface area (Å²) in [5.41, 5.74) is 1.52. The van der Waals surface area contributed by atoms with E-state index in [4.69, 9.17) is 9.47 Å². The molecule has 27 heavy (non-hydrogen) atoms. The first kappa shape index (κ1) is 16.7. The van der Waals surface area contributed by atoms with Gasteiger partial charge in [-0.25, -0.2) is 0 Å². The number of para-hydroxylation sites is 3. The van der Waals surface area contributed by atoms with Gasteiger partial charge in [0.1, 0.15) is 11.5 Å². The molecular formula is C21H16N2O4. The molecule has 2 amide bonds. The predicted molar refractivity (Wildman–Crippen MR) is 101 cm³/mol. The minimum absolute atomic E-state index is 0.0637. The van der Waals surface area contributed by atoms with Gasteiger partial charge in [0.25, 0.3) is 11.8 Å². The quantitative estimate of drug-likeness (QED) is 0.736. The predicted octanol–water partition coefficient (Wildman–Crippen LogP) is 4.06. The zero-order chi connectivity index (χ0) is 18.6. The lowest BCUT2D eigenvalue weighted by atomic mass is 10.1. The highest BCUT2D eigenvalue weighted by molar-refractivity contribution is 6.06. The van der Waals surface area contributed by atoms with Crippen LogP contribution < -0.4 is 20.1 Å². The van der Waals surface area contributed by atoms with Crippen LogP contribution in [0.1, 0.15) is 10.4 Å². The van der Waals surface area contributed by atoms with E-state index in [-0.39, 0.29) is 18.4 Å². The third-order valence-electron chi connectivity index (χ3n) is 3.98. The SMILES string of the molecule is O=C1COc2cc(C(=O)Nc3ccccc3Oc3ccccc3)ccc2N1. The second-order valence-corrected chi connectivity index (χ2v) is 5.91. The summed E-state index contributed by atoms with van der Waals surface area (Å²) in [5, 5.41) is 5.55. The molecule has 2 N–H and O–H groups in total. The summed E-state index contributed by atoms with van der Waals surface area (Å²) in [4.78, 5) is 24.0. The van der Waals surface area contributed by atoms with Gasteiger partial charge in [0, 0.05) is 5.56 Å². The first-order valence-electron chi connectivity index (χ1n) is 8.39. The average molecular weight is 360 g/mol. The third kappa shape index (κ3) is 3.74. The molecule has 4 rings (SSSR count). The van der Waals surface area contributed by atoms with Gasteiger partial charge < -0.3 is 20.1 Å². The van der Waals surface area contributed by atoms with Gasteiger partial charge in [-0.05, 0) is 42.5 Å². The van der Waals surface area contributed by atoms with Crippen molar-refractivity contribution in [2.24, 2.45) is 0 Å². The molecule has 1 aliphatic heterocycles. The van der Waals surface area contributed by atoms with Gasteiger partial charge in [-0.3, -0.25) is 9.59 Å². The molecule has 1 aliphatic rings. The number of fused-ring (bicyclic) bond motifs is 1. The topological polar surface area (TPSA) is 76.7 Å². The van der Waals surface area contributed by atoms with Crippen molar-refractivity contribution in [2.45, 2.75) is 0 Å². The van der Waals surface area contributed by atoms with Gasteiger partial charge >= 0.3 is 0 Å². The minimum Gasteiger partial charge on any atom is -0.482 e. The normalized spacial score (nSPS) is 12.4. The molecule has 0 saturated carbocycles. The highest BCUT2D eigenvalue weighted by Gasteiger charge is 2.18. The molecule has 1 heterocycles.